The lowest BCUT2D eigenvalue weighted by atomic mass is 10.1. The van der Waals surface area contributed by atoms with E-state index in [1.54, 1.807) is 18.2 Å². The lowest BCUT2D eigenvalue weighted by Crippen LogP contribution is -2.11. The Morgan fingerprint density at radius 3 is 1.67 bits per heavy atom. The maximum absolute atomic E-state index is 10.1. The molecule has 33 heavy (non-hydrogen) atoms. The molecule has 168 valence electrons. The summed E-state index contributed by atoms with van der Waals surface area (Å²) in [6.45, 7) is 7.42. The van der Waals surface area contributed by atoms with Crippen molar-refractivity contribution in [3.05, 3.63) is 95.1 Å². The van der Waals surface area contributed by atoms with Gasteiger partial charge in [-0.3, -0.25) is 0 Å². The Morgan fingerprint density at radius 2 is 1.09 bits per heavy atom. The molecular formula is C28H27NO4. The van der Waals surface area contributed by atoms with Crippen LogP contribution in [-0.4, -0.2) is 15.3 Å². The van der Waals surface area contributed by atoms with Crippen molar-refractivity contribution in [1.82, 2.24) is 0 Å². The monoisotopic (exact) mass is 441 g/mol. The van der Waals surface area contributed by atoms with Crippen LogP contribution < -0.4 is 9.64 Å². The van der Waals surface area contributed by atoms with E-state index in [1.807, 2.05) is 87.2 Å². The van der Waals surface area contributed by atoms with Crippen molar-refractivity contribution in [3.8, 4) is 28.7 Å². The van der Waals surface area contributed by atoms with E-state index in [2.05, 4.69) is 0 Å². The molecule has 0 atom stereocenters. The minimum atomic E-state index is 0.223. The van der Waals surface area contributed by atoms with Crippen LogP contribution in [0.15, 0.2) is 72.8 Å². The standard InChI is InChI=1S/C28H27NO4/c1-17-13-21(9-11-24(17)30)29(22-10-12-25(31)18(2)14-22)23-7-5-6-8-27(23)33-28-16-19(3)26(32)15-20(28)4/h5-16,30-32H,1-4H3. The number of aromatic hydroxyl groups is 3. The van der Waals surface area contributed by atoms with Gasteiger partial charge < -0.3 is 25.0 Å². The Morgan fingerprint density at radius 1 is 0.545 bits per heavy atom. The molecule has 0 aliphatic heterocycles. The molecule has 0 aliphatic carbocycles. The van der Waals surface area contributed by atoms with E-state index in [1.165, 1.54) is 0 Å². The van der Waals surface area contributed by atoms with Crippen molar-refractivity contribution in [2.24, 2.45) is 0 Å². The van der Waals surface area contributed by atoms with Crippen molar-refractivity contribution < 1.29 is 20.1 Å². The maximum atomic E-state index is 10.1. The smallest absolute Gasteiger partial charge is 0.151 e. The van der Waals surface area contributed by atoms with Gasteiger partial charge >= 0.3 is 0 Å². The van der Waals surface area contributed by atoms with Crippen LogP contribution in [0.2, 0.25) is 0 Å². The van der Waals surface area contributed by atoms with E-state index in [4.69, 9.17) is 4.74 Å². The Bertz CT molecular complexity index is 1280. The molecule has 0 bridgehead atoms. The summed E-state index contributed by atoms with van der Waals surface area (Å²) in [4.78, 5) is 2.02. The molecule has 0 saturated carbocycles. The summed E-state index contributed by atoms with van der Waals surface area (Å²) in [6.07, 6.45) is 0. The average Bonchev–Trinajstić information content (AvgIpc) is 2.78. The zero-order chi connectivity index (χ0) is 23.7. The molecule has 0 saturated heterocycles. The number of hydrogen-bond donors (Lipinski definition) is 3. The van der Waals surface area contributed by atoms with Crippen molar-refractivity contribution in [2.45, 2.75) is 27.7 Å². The number of nitrogens with zero attached hydrogens (tertiary/aromatic N) is 1. The lowest BCUT2D eigenvalue weighted by Gasteiger charge is -2.28. The molecule has 0 spiro atoms. The van der Waals surface area contributed by atoms with Gasteiger partial charge in [0.15, 0.2) is 5.75 Å². The minimum Gasteiger partial charge on any atom is -0.508 e. The predicted octanol–water partition coefficient (Wildman–Crippen LogP) is 7.30. The fourth-order valence-electron chi connectivity index (χ4n) is 3.72. The Hall–Kier alpha value is -4.12. The van der Waals surface area contributed by atoms with Gasteiger partial charge in [-0.25, -0.2) is 0 Å². The fraction of sp³-hybridized carbons (Fsp3) is 0.143. The second kappa shape index (κ2) is 8.79. The van der Waals surface area contributed by atoms with Gasteiger partial charge in [0.05, 0.1) is 5.69 Å². The average molecular weight is 442 g/mol. The Kier molecular flexibility index (Phi) is 5.88. The van der Waals surface area contributed by atoms with Crippen LogP contribution in [0, 0.1) is 27.7 Å². The van der Waals surface area contributed by atoms with E-state index >= 15 is 0 Å². The number of ether oxygens (including phenoxy) is 1. The summed E-state index contributed by atoms with van der Waals surface area (Å²) in [5, 5.41) is 30.2. The molecule has 4 aromatic carbocycles. The van der Waals surface area contributed by atoms with E-state index < -0.39 is 0 Å². The van der Waals surface area contributed by atoms with Gasteiger partial charge in [0.25, 0.3) is 0 Å². The van der Waals surface area contributed by atoms with Crippen molar-refractivity contribution in [2.75, 3.05) is 4.90 Å². The van der Waals surface area contributed by atoms with E-state index in [0.29, 0.717) is 11.5 Å². The lowest BCUT2D eigenvalue weighted by molar-refractivity contribution is 0.458. The van der Waals surface area contributed by atoms with Crippen molar-refractivity contribution in [1.29, 1.82) is 0 Å². The first-order valence-electron chi connectivity index (χ1n) is 10.7. The molecule has 5 heteroatoms. The van der Waals surface area contributed by atoms with Gasteiger partial charge in [-0.1, -0.05) is 12.1 Å². The number of hydrogen-bond acceptors (Lipinski definition) is 5. The Balaban J connectivity index is 1.88. The topological polar surface area (TPSA) is 73.2 Å². The molecule has 0 fully saturated rings. The minimum absolute atomic E-state index is 0.223. The third-order valence-corrected chi connectivity index (χ3v) is 5.70. The first-order chi connectivity index (χ1) is 15.7. The highest BCUT2D eigenvalue weighted by Gasteiger charge is 2.19. The second-order valence-corrected chi connectivity index (χ2v) is 8.25. The van der Waals surface area contributed by atoms with Crippen LogP contribution in [0.3, 0.4) is 0 Å². The summed E-state index contributed by atoms with van der Waals surface area (Å²) in [6, 6.07) is 22.0. The zero-order valence-corrected chi connectivity index (χ0v) is 19.1. The Labute approximate surface area is 193 Å². The molecule has 3 N–H and O–H groups in total. The molecule has 4 rings (SSSR count). The molecule has 0 aliphatic rings. The van der Waals surface area contributed by atoms with E-state index in [0.717, 1.165) is 39.3 Å². The number of para-hydroxylation sites is 2. The summed E-state index contributed by atoms with van der Waals surface area (Å²) in [5.74, 6) is 1.96. The van der Waals surface area contributed by atoms with Gasteiger partial charge in [0, 0.05) is 11.4 Å². The van der Waals surface area contributed by atoms with Gasteiger partial charge in [-0.2, -0.15) is 0 Å². The number of phenolic OH excluding ortho intramolecular Hbond substituents is 3. The third-order valence-electron chi connectivity index (χ3n) is 5.70. The van der Waals surface area contributed by atoms with Gasteiger partial charge in [-0.15, -0.1) is 0 Å². The highest BCUT2D eigenvalue weighted by molar-refractivity contribution is 5.81. The number of aryl methyl sites for hydroxylation is 4. The van der Waals surface area contributed by atoms with Crippen LogP contribution in [0.25, 0.3) is 0 Å². The highest BCUT2D eigenvalue weighted by atomic mass is 16.5. The van der Waals surface area contributed by atoms with E-state index in [9.17, 15) is 15.3 Å². The normalized spacial score (nSPS) is 10.8. The van der Waals surface area contributed by atoms with E-state index in [-0.39, 0.29) is 17.2 Å². The summed E-state index contributed by atoms with van der Waals surface area (Å²) < 4.78 is 6.36. The van der Waals surface area contributed by atoms with Crippen molar-refractivity contribution >= 4 is 17.1 Å². The summed E-state index contributed by atoms with van der Waals surface area (Å²) in [5.41, 5.74) is 5.51. The number of phenols is 3. The van der Waals surface area contributed by atoms with Crippen molar-refractivity contribution in [3.63, 3.8) is 0 Å². The third kappa shape index (κ3) is 4.44. The molecular weight excluding hydrogens is 414 g/mol. The van der Waals surface area contributed by atoms with Gasteiger partial charge in [-0.05, 0) is 111 Å². The summed E-state index contributed by atoms with van der Waals surface area (Å²) >= 11 is 0. The molecule has 4 aromatic rings. The molecule has 0 amide bonds. The molecule has 0 radical (unpaired) electrons. The number of benzene rings is 4. The number of rotatable bonds is 5. The maximum Gasteiger partial charge on any atom is 0.151 e. The zero-order valence-electron chi connectivity index (χ0n) is 19.1. The molecule has 0 unspecified atom stereocenters. The molecule has 5 nitrogen and oxygen atoms in total. The largest absolute Gasteiger partial charge is 0.508 e. The number of anilines is 3. The second-order valence-electron chi connectivity index (χ2n) is 8.25. The predicted molar refractivity (Wildman–Crippen MR) is 132 cm³/mol. The SMILES string of the molecule is Cc1cc(N(c2ccc(O)c(C)c2)c2ccccc2Oc2cc(C)c(O)cc2C)ccc1O. The summed E-state index contributed by atoms with van der Waals surface area (Å²) in [7, 11) is 0. The molecule has 0 heterocycles. The first kappa shape index (κ1) is 22.1. The quantitative estimate of drug-likeness (QED) is 0.303. The fourth-order valence-corrected chi connectivity index (χ4v) is 3.72. The highest BCUT2D eigenvalue weighted by Crippen LogP contribution is 2.44. The molecule has 0 aromatic heterocycles. The van der Waals surface area contributed by atoms with Crippen LogP contribution >= 0.6 is 0 Å². The first-order valence-corrected chi connectivity index (χ1v) is 10.7. The van der Waals surface area contributed by atoms with Crippen LogP contribution in [0.1, 0.15) is 22.3 Å². The van der Waals surface area contributed by atoms with Crippen LogP contribution in [0.5, 0.6) is 28.7 Å². The van der Waals surface area contributed by atoms with Gasteiger partial charge in [0.2, 0.25) is 0 Å². The van der Waals surface area contributed by atoms with Crippen LogP contribution in [0.4, 0.5) is 17.1 Å². The van der Waals surface area contributed by atoms with Crippen LogP contribution in [-0.2, 0) is 0 Å². The van der Waals surface area contributed by atoms with Gasteiger partial charge in [0.1, 0.15) is 23.0 Å².